The summed E-state index contributed by atoms with van der Waals surface area (Å²) in [5.41, 5.74) is 4.01. The van der Waals surface area contributed by atoms with Gasteiger partial charge in [0.15, 0.2) is 5.78 Å². The molecule has 1 aromatic heterocycles. The fraction of sp³-hybridized carbons (Fsp3) is 0.381. The van der Waals surface area contributed by atoms with Gasteiger partial charge in [0.25, 0.3) is 0 Å². The third kappa shape index (κ3) is 3.61. The van der Waals surface area contributed by atoms with Crippen LogP contribution in [0, 0.1) is 18.3 Å². The van der Waals surface area contributed by atoms with Crippen LogP contribution in [-0.4, -0.2) is 16.5 Å². The Morgan fingerprint density at radius 1 is 1.21 bits per heavy atom. The summed E-state index contributed by atoms with van der Waals surface area (Å²) >= 11 is 0. The third-order valence-corrected chi connectivity index (χ3v) is 4.66. The molecule has 2 aromatic rings. The first-order chi connectivity index (χ1) is 11.3. The number of nitrogens with one attached hydrogen (secondary N) is 1. The van der Waals surface area contributed by atoms with Gasteiger partial charge in [-0.25, -0.2) is 0 Å². The van der Waals surface area contributed by atoms with Gasteiger partial charge in [-0.1, -0.05) is 31.2 Å². The summed E-state index contributed by atoms with van der Waals surface area (Å²) in [5, 5.41) is 7.90. The van der Waals surface area contributed by atoms with Gasteiger partial charge in [0.05, 0.1) is 5.92 Å². The minimum Gasteiger partial charge on any atom is -0.309 e. The van der Waals surface area contributed by atoms with Gasteiger partial charge in [0, 0.05) is 29.1 Å². The summed E-state index contributed by atoms with van der Waals surface area (Å²) in [6.07, 6.45) is 4.34. The molecule has 3 nitrogen and oxygen atoms in total. The second-order valence-corrected chi connectivity index (χ2v) is 6.96. The van der Waals surface area contributed by atoms with Crippen molar-refractivity contribution in [3.05, 3.63) is 53.9 Å². The zero-order valence-electron chi connectivity index (χ0n) is 15.2. The topological polar surface area (TPSA) is 53.8 Å². The first-order valence-corrected chi connectivity index (χ1v) is 8.39. The Labute approximate surface area is 144 Å². The maximum Gasteiger partial charge on any atom is 0.151 e. The van der Waals surface area contributed by atoms with Crippen molar-refractivity contribution >= 4 is 11.5 Å². The number of carbonyl (C=O) groups excluding carboxylic acids is 1. The van der Waals surface area contributed by atoms with Crippen LogP contribution in [0.25, 0.3) is 11.1 Å². The van der Waals surface area contributed by atoms with Crippen molar-refractivity contribution in [2.75, 3.05) is 0 Å². The molecular weight excluding hydrogens is 296 g/mol. The molecule has 0 saturated heterocycles. The van der Waals surface area contributed by atoms with E-state index in [1.165, 1.54) is 0 Å². The largest absolute Gasteiger partial charge is 0.309 e. The molecule has 0 aliphatic carbocycles. The van der Waals surface area contributed by atoms with Crippen molar-refractivity contribution < 1.29 is 4.79 Å². The van der Waals surface area contributed by atoms with Crippen LogP contribution in [0.2, 0.25) is 0 Å². The van der Waals surface area contributed by atoms with E-state index in [2.05, 4.69) is 17.1 Å². The molecular formula is C21H26N2O. The Balaban J connectivity index is 2.43. The lowest BCUT2D eigenvalue weighted by Gasteiger charge is -2.28. The van der Waals surface area contributed by atoms with Crippen LogP contribution in [0.1, 0.15) is 45.2 Å². The predicted octanol–water partition coefficient (Wildman–Crippen LogP) is 4.97. The fourth-order valence-electron chi connectivity index (χ4n) is 3.07. The van der Waals surface area contributed by atoms with Crippen molar-refractivity contribution in [2.45, 2.75) is 46.5 Å². The van der Waals surface area contributed by atoms with Gasteiger partial charge < -0.3 is 5.41 Å². The number of nitrogens with zero attached hydrogens (tertiary/aromatic N) is 1. The number of ketones is 1. The van der Waals surface area contributed by atoms with Crippen LogP contribution < -0.4 is 0 Å². The van der Waals surface area contributed by atoms with Gasteiger partial charge in [0.1, 0.15) is 0 Å². The van der Waals surface area contributed by atoms with Crippen molar-refractivity contribution in [2.24, 2.45) is 5.92 Å². The molecule has 0 fully saturated rings. The van der Waals surface area contributed by atoms with Crippen LogP contribution in [-0.2, 0) is 10.2 Å². The first kappa shape index (κ1) is 18.1. The zero-order chi connectivity index (χ0) is 17.9. The van der Waals surface area contributed by atoms with E-state index in [-0.39, 0.29) is 11.7 Å². The lowest BCUT2D eigenvalue weighted by molar-refractivity contribution is -0.125. The Morgan fingerprint density at radius 3 is 2.50 bits per heavy atom. The number of benzene rings is 1. The van der Waals surface area contributed by atoms with E-state index in [0.717, 1.165) is 22.3 Å². The Hall–Kier alpha value is -2.29. The quantitative estimate of drug-likeness (QED) is 0.763. The fourth-order valence-corrected chi connectivity index (χ4v) is 3.07. The van der Waals surface area contributed by atoms with Crippen LogP contribution >= 0.6 is 0 Å². The van der Waals surface area contributed by atoms with Gasteiger partial charge >= 0.3 is 0 Å². The molecule has 1 N–H and O–H groups in total. The molecule has 0 amide bonds. The van der Waals surface area contributed by atoms with Crippen LogP contribution in [0.5, 0.6) is 0 Å². The number of pyridine rings is 1. The molecule has 1 unspecified atom stereocenters. The predicted molar refractivity (Wildman–Crippen MR) is 99.6 cm³/mol. The summed E-state index contributed by atoms with van der Waals surface area (Å²) in [6.45, 7) is 9.61. The minimum absolute atomic E-state index is 0.108. The smallest absolute Gasteiger partial charge is 0.151 e. The highest BCUT2D eigenvalue weighted by Gasteiger charge is 2.35. The highest BCUT2D eigenvalue weighted by Crippen LogP contribution is 2.32. The summed E-state index contributed by atoms with van der Waals surface area (Å²) in [7, 11) is 0. The average Bonchev–Trinajstić information content (AvgIpc) is 2.55. The van der Waals surface area contributed by atoms with E-state index in [0.29, 0.717) is 12.1 Å². The molecule has 126 valence electrons. The van der Waals surface area contributed by atoms with Gasteiger partial charge in [-0.3, -0.25) is 9.78 Å². The van der Waals surface area contributed by atoms with Crippen molar-refractivity contribution in [3.8, 4) is 11.1 Å². The van der Waals surface area contributed by atoms with E-state index in [1.807, 2.05) is 58.3 Å². The average molecular weight is 322 g/mol. The second-order valence-electron chi connectivity index (χ2n) is 6.96. The lowest BCUT2D eigenvalue weighted by Crippen LogP contribution is -2.37. The molecule has 0 aliphatic heterocycles. The summed E-state index contributed by atoms with van der Waals surface area (Å²) in [4.78, 5) is 17.2. The van der Waals surface area contributed by atoms with Gasteiger partial charge in [-0.2, -0.15) is 0 Å². The Bertz CT molecular complexity index is 762. The molecule has 1 atom stereocenters. The van der Waals surface area contributed by atoms with E-state index >= 15 is 0 Å². The third-order valence-electron chi connectivity index (χ3n) is 4.66. The Morgan fingerprint density at radius 2 is 1.92 bits per heavy atom. The molecule has 0 radical (unpaired) electrons. The van der Waals surface area contributed by atoms with Crippen LogP contribution in [0.4, 0.5) is 0 Å². The molecule has 1 aromatic carbocycles. The molecule has 24 heavy (non-hydrogen) atoms. The molecule has 0 bridgehead atoms. The van der Waals surface area contributed by atoms with Gasteiger partial charge in [0.2, 0.25) is 0 Å². The van der Waals surface area contributed by atoms with Crippen molar-refractivity contribution in [3.63, 3.8) is 0 Å². The lowest BCUT2D eigenvalue weighted by atomic mass is 9.73. The zero-order valence-corrected chi connectivity index (χ0v) is 15.2. The summed E-state index contributed by atoms with van der Waals surface area (Å²) < 4.78 is 0. The van der Waals surface area contributed by atoms with Crippen LogP contribution in [0.3, 0.4) is 0 Å². The van der Waals surface area contributed by atoms with Crippen LogP contribution in [0.15, 0.2) is 42.7 Å². The highest BCUT2D eigenvalue weighted by molar-refractivity contribution is 6.07. The number of aromatic nitrogens is 1. The number of carbonyl (C=O) groups is 1. The van der Waals surface area contributed by atoms with Crippen molar-refractivity contribution in [1.82, 2.24) is 4.98 Å². The number of Topliss-reactive ketones (excluding diaryl/α,β-unsaturated/α-hetero) is 1. The number of hydrogen-bond donors (Lipinski definition) is 1. The van der Waals surface area contributed by atoms with Gasteiger partial charge in [-0.15, -0.1) is 0 Å². The number of aryl methyl sites for hydroxylation is 1. The monoisotopic (exact) mass is 322 g/mol. The first-order valence-electron chi connectivity index (χ1n) is 8.39. The van der Waals surface area contributed by atoms with E-state index in [4.69, 9.17) is 5.41 Å². The molecule has 3 heteroatoms. The van der Waals surface area contributed by atoms with E-state index < -0.39 is 5.41 Å². The molecule has 0 aliphatic rings. The molecule has 2 rings (SSSR count). The minimum atomic E-state index is -0.629. The van der Waals surface area contributed by atoms with E-state index in [1.54, 1.807) is 6.92 Å². The summed E-state index contributed by atoms with van der Waals surface area (Å²) in [6, 6.07) is 10.2. The molecule has 1 heterocycles. The normalized spacial score (nSPS) is 12.7. The highest BCUT2D eigenvalue weighted by atomic mass is 16.1. The molecule has 0 saturated carbocycles. The van der Waals surface area contributed by atoms with Crippen molar-refractivity contribution in [1.29, 1.82) is 5.41 Å². The Kier molecular flexibility index (Phi) is 5.33. The molecule has 0 spiro atoms. The van der Waals surface area contributed by atoms with E-state index in [9.17, 15) is 4.79 Å². The summed E-state index contributed by atoms with van der Waals surface area (Å²) in [5.74, 6) is -0.207. The van der Waals surface area contributed by atoms with Gasteiger partial charge in [-0.05, 0) is 56.9 Å². The number of rotatable bonds is 6. The SMILES string of the molecule is CCC(C(C)=N)C(=O)C(C)(C)c1cccc(-c2cncc(C)c2)c1. The maximum atomic E-state index is 13.0. The number of hydrogen-bond acceptors (Lipinski definition) is 3. The maximum absolute atomic E-state index is 13.0. The standard InChI is InChI=1S/C21H26N2O/c1-6-19(15(3)22)20(24)21(4,5)18-9-7-8-16(11-18)17-10-14(2)12-23-13-17/h7-13,19,22H,6H2,1-5H3. The second kappa shape index (κ2) is 7.08.